The van der Waals surface area contributed by atoms with E-state index in [2.05, 4.69) is 4.72 Å². The molecule has 2 N–H and O–H groups in total. The van der Waals surface area contributed by atoms with E-state index >= 15 is 0 Å². The first-order valence-corrected chi connectivity index (χ1v) is 8.15. The number of nitrogens with one attached hydrogen (secondary N) is 1. The Morgan fingerprint density at radius 3 is 2.72 bits per heavy atom. The Morgan fingerprint density at radius 2 is 2.11 bits per heavy atom. The number of anilines is 1. The van der Waals surface area contributed by atoms with Gasteiger partial charge in [-0.2, -0.15) is 0 Å². The number of phenolic OH excluding ortho intramolecular Hbond substituents is 1. The van der Waals surface area contributed by atoms with Crippen LogP contribution < -0.4 is 4.72 Å². The summed E-state index contributed by atoms with van der Waals surface area (Å²) in [6.45, 7) is 2.10. The Balaban J connectivity index is 2.13. The third kappa shape index (κ3) is 3.24. The Labute approximate surface area is 116 Å². The molecule has 18 heavy (non-hydrogen) atoms. The van der Waals surface area contributed by atoms with Crippen molar-refractivity contribution in [2.75, 3.05) is 31.0 Å². The summed E-state index contributed by atoms with van der Waals surface area (Å²) < 4.78 is 22.0. The molecule has 0 aromatic heterocycles. The van der Waals surface area contributed by atoms with Crippen LogP contribution in [0, 0.1) is 0 Å². The molecule has 1 aromatic carbocycles. The number of benzene rings is 1. The Morgan fingerprint density at radius 1 is 1.44 bits per heavy atom. The molecule has 1 saturated heterocycles. The summed E-state index contributed by atoms with van der Waals surface area (Å²) >= 11 is 10.9. The first-order valence-electron chi connectivity index (χ1n) is 5.33. The van der Waals surface area contributed by atoms with Crippen LogP contribution in [-0.2, 0) is 24.8 Å². The quantitative estimate of drug-likeness (QED) is 0.828. The number of ether oxygens (including phenoxy) is 1. The van der Waals surface area contributed by atoms with E-state index in [1.807, 2.05) is 0 Å². The van der Waals surface area contributed by atoms with E-state index in [-0.39, 0.29) is 10.8 Å². The van der Waals surface area contributed by atoms with Gasteiger partial charge in [-0.15, -0.1) is 0 Å². The van der Waals surface area contributed by atoms with Crippen molar-refractivity contribution < 1.29 is 14.1 Å². The van der Waals surface area contributed by atoms with E-state index in [4.69, 9.17) is 27.5 Å². The van der Waals surface area contributed by atoms with E-state index in [0.717, 1.165) is 0 Å². The van der Waals surface area contributed by atoms with Crippen LogP contribution in [0.2, 0.25) is 5.02 Å². The maximum absolute atomic E-state index is 12.4. The molecule has 1 unspecified atom stereocenters. The Kier molecular flexibility index (Phi) is 4.29. The fourth-order valence-electron chi connectivity index (χ4n) is 1.57. The predicted molar refractivity (Wildman–Crippen MR) is 74.6 cm³/mol. The zero-order valence-electron chi connectivity index (χ0n) is 9.47. The molecule has 1 aliphatic heterocycles. The first-order chi connectivity index (χ1) is 8.49. The molecule has 0 amide bonds. The molecule has 2 rings (SSSR count). The van der Waals surface area contributed by atoms with Gasteiger partial charge in [0.25, 0.3) is 0 Å². The fourth-order valence-corrected chi connectivity index (χ4v) is 3.67. The molecule has 0 bridgehead atoms. The number of halogens is 1. The average Bonchev–Trinajstić information content (AvgIpc) is 2.35. The summed E-state index contributed by atoms with van der Waals surface area (Å²) in [4.78, 5) is 0. The second-order valence-corrected chi connectivity index (χ2v) is 7.22. The second-order valence-electron chi connectivity index (χ2n) is 3.78. The van der Waals surface area contributed by atoms with Crippen molar-refractivity contribution >= 4 is 37.3 Å². The molecule has 1 fully saturated rings. The minimum Gasteiger partial charge on any atom is -0.506 e. The van der Waals surface area contributed by atoms with E-state index in [1.165, 1.54) is 12.1 Å². The first kappa shape index (κ1) is 13.8. The summed E-state index contributed by atoms with van der Waals surface area (Å²) in [7, 11) is -2.77. The highest BCUT2D eigenvalue weighted by molar-refractivity contribution is 8.32. The average molecular weight is 309 g/mol. The van der Waals surface area contributed by atoms with Gasteiger partial charge in [0.2, 0.25) is 0 Å². The lowest BCUT2D eigenvalue weighted by Crippen LogP contribution is -2.42. The van der Waals surface area contributed by atoms with E-state index in [0.29, 0.717) is 32.0 Å². The van der Waals surface area contributed by atoms with Gasteiger partial charge in [-0.25, -0.2) is 8.51 Å². The maximum atomic E-state index is 12.4. The Bertz CT molecular complexity index is 530. The molecule has 0 spiro atoms. The highest BCUT2D eigenvalue weighted by atomic mass is 35.5. The molecule has 0 saturated carbocycles. The maximum Gasteiger partial charge on any atom is 0.177 e. The van der Waals surface area contributed by atoms with Gasteiger partial charge in [0.05, 0.1) is 18.2 Å². The van der Waals surface area contributed by atoms with Crippen LogP contribution in [0.25, 0.3) is 0 Å². The molecule has 0 aliphatic carbocycles. The monoisotopic (exact) mass is 308 g/mol. The van der Waals surface area contributed by atoms with Crippen LogP contribution in [0.1, 0.15) is 0 Å². The number of morpholine rings is 1. The number of aromatic hydroxyl groups is 1. The SMILES string of the molecule is O=S(=S)(Nc1ccc(O)c(Cl)c1)N1CCOCC1. The summed E-state index contributed by atoms with van der Waals surface area (Å²) in [5, 5.41) is 9.49. The normalized spacial score (nSPS) is 20.3. The van der Waals surface area contributed by atoms with Gasteiger partial charge in [-0.05, 0) is 18.2 Å². The standard InChI is InChI=1S/C10H13ClN2O3S2/c11-9-7-8(1-2-10(9)14)12-18(15,17)13-3-5-16-6-4-13/h1-2,7,12,14H,3-6H2. The van der Waals surface area contributed by atoms with Crippen molar-refractivity contribution in [3.8, 4) is 5.75 Å². The summed E-state index contributed by atoms with van der Waals surface area (Å²) in [6, 6.07) is 4.49. The number of hydrogen-bond donors (Lipinski definition) is 2. The van der Waals surface area contributed by atoms with E-state index in [1.54, 1.807) is 10.4 Å². The number of nitrogens with zero attached hydrogens (tertiary/aromatic N) is 1. The minimum absolute atomic E-state index is 0.0237. The van der Waals surface area contributed by atoms with Gasteiger partial charge in [-0.3, -0.25) is 4.72 Å². The summed E-state index contributed by atoms with van der Waals surface area (Å²) in [6.07, 6.45) is 0. The van der Waals surface area contributed by atoms with Crippen molar-refractivity contribution in [2.45, 2.75) is 0 Å². The van der Waals surface area contributed by atoms with Gasteiger partial charge >= 0.3 is 0 Å². The van der Waals surface area contributed by atoms with Crippen molar-refractivity contribution in [1.29, 1.82) is 0 Å². The van der Waals surface area contributed by atoms with Crippen LogP contribution in [0.3, 0.4) is 0 Å². The lowest BCUT2D eigenvalue weighted by Gasteiger charge is -2.28. The lowest BCUT2D eigenvalue weighted by molar-refractivity contribution is 0.0752. The van der Waals surface area contributed by atoms with Crippen molar-refractivity contribution in [1.82, 2.24) is 4.31 Å². The largest absolute Gasteiger partial charge is 0.506 e. The van der Waals surface area contributed by atoms with Crippen LogP contribution in [-0.4, -0.2) is 39.9 Å². The van der Waals surface area contributed by atoms with Gasteiger partial charge in [0.15, 0.2) is 8.86 Å². The Hall–Kier alpha value is -0.600. The van der Waals surface area contributed by atoms with Crippen molar-refractivity contribution in [3.63, 3.8) is 0 Å². The molecule has 1 heterocycles. The topological polar surface area (TPSA) is 61.8 Å². The van der Waals surface area contributed by atoms with Crippen molar-refractivity contribution in [3.05, 3.63) is 23.2 Å². The third-order valence-corrected chi connectivity index (χ3v) is 5.23. The van der Waals surface area contributed by atoms with E-state index < -0.39 is 8.86 Å². The molecule has 1 aliphatic rings. The van der Waals surface area contributed by atoms with Crippen LogP contribution in [0.4, 0.5) is 5.69 Å². The number of phenols is 1. The highest BCUT2D eigenvalue weighted by Crippen LogP contribution is 2.27. The van der Waals surface area contributed by atoms with Crippen LogP contribution in [0.5, 0.6) is 5.75 Å². The zero-order chi connectivity index (χ0) is 13.2. The molecular weight excluding hydrogens is 296 g/mol. The molecule has 0 radical (unpaired) electrons. The van der Waals surface area contributed by atoms with Gasteiger partial charge < -0.3 is 9.84 Å². The van der Waals surface area contributed by atoms with Gasteiger partial charge in [0, 0.05) is 30.0 Å². The molecular formula is C10H13ClN2O3S2. The van der Waals surface area contributed by atoms with Crippen molar-refractivity contribution in [2.24, 2.45) is 0 Å². The molecule has 100 valence electrons. The lowest BCUT2D eigenvalue weighted by atomic mass is 10.3. The summed E-state index contributed by atoms with van der Waals surface area (Å²) in [5.41, 5.74) is 0.518. The van der Waals surface area contributed by atoms with Gasteiger partial charge in [0.1, 0.15) is 5.75 Å². The third-order valence-electron chi connectivity index (χ3n) is 2.50. The minimum atomic E-state index is -2.77. The summed E-state index contributed by atoms with van der Waals surface area (Å²) in [5.74, 6) is -0.0237. The molecule has 5 nitrogen and oxygen atoms in total. The van der Waals surface area contributed by atoms with Crippen LogP contribution in [0.15, 0.2) is 18.2 Å². The number of hydrogen-bond acceptors (Lipinski definition) is 4. The molecule has 8 heteroatoms. The predicted octanol–water partition coefficient (Wildman–Crippen LogP) is 1.37. The van der Waals surface area contributed by atoms with E-state index in [9.17, 15) is 9.32 Å². The smallest absolute Gasteiger partial charge is 0.177 e. The van der Waals surface area contributed by atoms with Gasteiger partial charge in [-0.1, -0.05) is 11.6 Å². The second kappa shape index (κ2) is 5.58. The highest BCUT2D eigenvalue weighted by Gasteiger charge is 2.21. The molecule has 1 aromatic rings. The molecule has 1 atom stereocenters. The number of rotatable bonds is 3. The zero-order valence-corrected chi connectivity index (χ0v) is 11.9. The fraction of sp³-hybridized carbons (Fsp3) is 0.400. The van der Waals surface area contributed by atoms with Crippen LogP contribution >= 0.6 is 11.6 Å².